The van der Waals surface area contributed by atoms with Crippen LogP contribution >= 0.6 is 0 Å². The van der Waals surface area contributed by atoms with Crippen molar-refractivity contribution in [3.63, 3.8) is 0 Å². The summed E-state index contributed by atoms with van der Waals surface area (Å²) in [6, 6.07) is 0. The standard InChI is InChI=1S/C9H19OSi/c1-6-7-8-9(2,3)11(4,5)10/h6H,1,7-8H2,2-5H3. The maximum atomic E-state index is 11.7. The first kappa shape index (κ1) is 10.9. The molecule has 0 fully saturated rings. The molecule has 0 aromatic heterocycles. The van der Waals surface area contributed by atoms with Gasteiger partial charge in [0, 0.05) is 0 Å². The van der Waals surface area contributed by atoms with Crippen molar-refractivity contribution in [2.24, 2.45) is 0 Å². The minimum absolute atomic E-state index is 0.00118. The second kappa shape index (κ2) is 3.54. The Hall–Kier alpha value is -0.0831. The quantitative estimate of drug-likeness (QED) is 0.456. The Morgan fingerprint density at radius 3 is 2.18 bits per heavy atom. The molecule has 0 aromatic rings. The van der Waals surface area contributed by atoms with Gasteiger partial charge >= 0.3 is 0 Å². The van der Waals surface area contributed by atoms with E-state index in [1.54, 1.807) is 0 Å². The first-order valence-corrected chi connectivity index (χ1v) is 7.03. The van der Waals surface area contributed by atoms with E-state index >= 15 is 0 Å². The highest BCUT2D eigenvalue weighted by Gasteiger charge is 2.39. The lowest BCUT2D eigenvalue weighted by molar-refractivity contribution is 0.373. The van der Waals surface area contributed by atoms with Gasteiger partial charge in [0.1, 0.15) is 0 Å². The molecule has 0 aliphatic rings. The molecule has 1 radical (unpaired) electrons. The first-order chi connectivity index (χ1) is 4.81. The van der Waals surface area contributed by atoms with Gasteiger partial charge < -0.3 is 0 Å². The van der Waals surface area contributed by atoms with Crippen molar-refractivity contribution in [3.05, 3.63) is 12.7 Å². The summed E-state index contributed by atoms with van der Waals surface area (Å²) in [5, 5.41) is 0.00118. The van der Waals surface area contributed by atoms with Gasteiger partial charge in [0.15, 0.2) is 0 Å². The van der Waals surface area contributed by atoms with Crippen molar-refractivity contribution >= 4 is 8.32 Å². The van der Waals surface area contributed by atoms with Crippen LogP contribution in [0.2, 0.25) is 18.1 Å². The van der Waals surface area contributed by atoms with Gasteiger partial charge in [-0.2, -0.15) is 0 Å². The summed E-state index contributed by atoms with van der Waals surface area (Å²) in [5.41, 5.74) is 0. The largest absolute Gasteiger partial charge is 0.297 e. The molecule has 0 spiro atoms. The van der Waals surface area contributed by atoms with Gasteiger partial charge in [-0.1, -0.05) is 19.9 Å². The molecule has 65 valence electrons. The van der Waals surface area contributed by atoms with Gasteiger partial charge in [-0.25, -0.2) is 0 Å². The van der Waals surface area contributed by atoms with Gasteiger partial charge in [-0.15, -0.1) is 6.58 Å². The second-order valence-corrected chi connectivity index (χ2v) is 8.60. The highest BCUT2D eigenvalue weighted by atomic mass is 28.4. The smallest absolute Gasteiger partial charge is 0.236 e. The summed E-state index contributed by atoms with van der Waals surface area (Å²) >= 11 is 0. The van der Waals surface area contributed by atoms with Crippen LogP contribution in [0, 0.1) is 0 Å². The van der Waals surface area contributed by atoms with E-state index in [1.165, 1.54) is 0 Å². The van der Waals surface area contributed by atoms with Crippen molar-refractivity contribution in [2.75, 3.05) is 0 Å². The monoisotopic (exact) mass is 171 g/mol. The second-order valence-electron chi connectivity index (χ2n) is 4.22. The predicted molar refractivity (Wildman–Crippen MR) is 51.6 cm³/mol. The van der Waals surface area contributed by atoms with Crippen LogP contribution in [-0.2, 0) is 4.80 Å². The van der Waals surface area contributed by atoms with Crippen molar-refractivity contribution < 1.29 is 4.80 Å². The predicted octanol–water partition coefficient (Wildman–Crippen LogP) is 3.37. The highest BCUT2D eigenvalue weighted by molar-refractivity contribution is 6.72. The summed E-state index contributed by atoms with van der Waals surface area (Å²) in [4.78, 5) is 11.7. The van der Waals surface area contributed by atoms with Crippen molar-refractivity contribution in [2.45, 2.75) is 44.8 Å². The fourth-order valence-corrected chi connectivity index (χ4v) is 1.51. The summed E-state index contributed by atoms with van der Waals surface area (Å²) in [6.07, 6.45) is 3.84. The molecule has 0 N–H and O–H groups in total. The molecule has 11 heavy (non-hydrogen) atoms. The zero-order valence-corrected chi connectivity index (χ0v) is 9.11. The minimum Gasteiger partial charge on any atom is -0.297 e. The van der Waals surface area contributed by atoms with E-state index in [4.69, 9.17) is 0 Å². The number of allylic oxidation sites excluding steroid dienone is 1. The molecule has 0 aliphatic carbocycles. The fraction of sp³-hybridized carbons (Fsp3) is 0.778. The van der Waals surface area contributed by atoms with Crippen LogP contribution in [0.3, 0.4) is 0 Å². The number of hydrogen-bond acceptors (Lipinski definition) is 0. The van der Waals surface area contributed by atoms with Crippen molar-refractivity contribution in [1.82, 2.24) is 0 Å². The fourth-order valence-electron chi connectivity index (χ4n) is 0.764. The molecule has 0 heterocycles. The van der Waals surface area contributed by atoms with E-state index in [1.807, 2.05) is 19.2 Å². The summed E-state index contributed by atoms with van der Waals surface area (Å²) < 4.78 is 0. The Labute approximate surface area is 71.3 Å². The molecule has 0 rings (SSSR count). The zero-order valence-electron chi connectivity index (χ0n) is 8.11. The molecule has 2 heteroatoms. The molecule has 0 bridgehead atoms. The van der Waals surface area contributed by atoms with E-state index in [0.29, 0.717) is 0 Å². The molecular weight excluding hydrogens is 152 g/mol. The van der Waals surface area contributed by atoms with Gasteiger partial charge in [-0.3, -0.25) is 4.80 Å². The molecule has 0 aliphatic heterocycles. The van der Waals surface area contributed by atoms with Gasteiger partial charge in [0.2, 0.25) is 8.32 Å². The van der Waals surface area contributed by atoms with E-state index in [0.717, 1.165) is 12.8 Å². The van der Waals surface area contributed by atoms with E-state index in [2.05, 4.69) is 20.4 Å². The lowest BCUT2D eigenvalue weighted by Crippen LogP contribution is -2.37. The van der Waals surface area contributed by atoms with E-state index in [-0.39, 0.29) is 5.04 Å². The molecule has 1 nitrogen and oxygen atoms in total. The molecule has 0 unspecified atom stereocenters. The Morgan fingerprint density at radius 2 is 1.91 bits per heavy atom. The molecule has 0 aromatic carbocycles. The SMILES string of the molecule is C=CCCC(C)(C)[Si](C)(C)[O]. The van der Waals surface area contributed by atoms with Crippen molar-refractivity contribution in [3.8, 4) is 0 Å². The van der Waals surface area contributed by atoms with Gasteiger partial charge in [-0.05, 0) is 31.0 Å². The number of rotatable bonds is 4. The summed E-state index contributed by atoms with van der Waals surface area (Å²) in [7, 11) is -2.22. The average molecular weight is 171 g/mol. The van der Waals surface area contributed by atoms with Crippen LogP contribution in [0.5, 0.6) is 0 Å². The van der Waals surface area contributed by atoms with Crippen molar-refractivity contribution in [1.29, 1.82) is 0 Å². The molecule has 0 saturated carbocycles. The van der Waals surface area contributed by atoms with Crippen LogP contribution < -0.4 is 0 Å². The average Bonchev–Trinajstić information content (AvgIpc) is 1.81. The molecule has 0 atom stereocenters. The summed E-state index contributed by atoms with van der Waals surface area (Å²) in [5.74, 6) is 0. The Kier molecular flexibility index (Phi) is 3.52. The highest BCUT2D eigenvalue weighted by Crippen LogP contribution is 2.40. The normalized spacial score (nSPS) is 13.2. The lowest BCUT2D eigenvalue weighted by Gasteiger charge is -2.32. The Balaban J connectivity index is 4.10. The third-order valence-corrected chi connectivity index (χ3v) is 6.11. The van der Waals surface area contributed by atoms with Gasteiger partial charge in [0.05, 0.1) is 0 Å². The molecule has 0 amide bonds. The maximum absolute atomic E-state index is 11.7. The van der Waals surface area contributed by atoms with E-state index in [9.17, 15) is 4.80 Å². The zero-order chi connectivity index (χ0) is 9.12. The maximum Gasteiger partial charge on any atom is 0.236 e. The molecular formula is C9H19OSi. The molecule has 0 saturated heterocycles. The Bertz CT molecular complexity index is 133. The van der Waals surface area contributed by atoms with Crippen LogP contribution in [-0.4, -0.2) is 8.32 Å². The van der Waals surface area contributed by atoms with E-state index < -0.39 is 8.32 Å². The number of hydrogen-bond donors (Lipinski definition) is 0. The van der Waals surface area contributed by atoms with Crippen LogP contribution in [0.25, 0.3) is 0 Å². The van der Waals surface area contributed by atoms with Crippen LogP contribution in [0.4, 0.5) is 0 Å². The van der Waals surface area contributed by atoms with Gasteiger partial charge in [0.25, 0.3) is 0 Å². The third-order valence-electron chi connectivity index (χ3n) is 2.60. The first-order valence-electron chi connectivity index (χ1n) is 4.12. The topological polar surface area (TPSA) is 19.9 Å². The minimum atomic E-state index is -2.22. The summed E-state index contributed by atoms with van der Waals surface area (Å²) in [6.45, 7) is 11.6. The van der Waals surface area contributed by atoms with Crippen LogP contribution in [0.15, 0.2) is 12.7 Å². The van der Waals surface area contributed by atoms with Crippen LogP contribution in [0.1, 0.15) is 26.7 Å². The Morgan fingerprint density at radius 1 is 1.45 bits per heavy atom. The third kappa shape index (κ3) is 3.21. The lowest BCUT2D eigenvalue weighted by atomic mass is 10.1.